The van der Waals surface area contributed by atoms with Crippen LogP contribution in [0.2, 0.25) is 0 Å². The van der Waals surface area contributed by atoms with Crippen LogP contribution >= 0.6 is 11.8 Å². The number of rotatable bonds is 4. The molecule has 0 spiro atoms. The first-order valence-electron chi connectivity index (χ1n) is 6.63. The van der Waals surface area contributed by atoms with E-state index in [2.05, 4.69) is 15.7 Å². The Labute approximate surface area is 117 Å². The van der Waals surface area contributed by atoms with E-state index in [1.54, 1.807) is 11.8 Å². The summed E-state index contributed by atoms with van der Waals surface area (Å²) in [5.74, 6) is 0.777. The Morgan fingerprint density at radius 1 is 1.53 bits per heavy atom. The number of aliphatic imine (C=N–C) groups is 2. The summed E-state index contributed by atoms with van der Waals surface area (Å²) in [6, 6.07) is 0.324. The molecule has 1 unspecified atom stereocenters. The lowest BCUT2D eigenvalue weighted by Gasteiger charge is -2.24. The van der Waals surface area contributed by atoms with Crippen molar-refractivity contribution in [1.29, 1.82) is 0 Å². The van der Waals surface area contributed by atoms with Crippen molar-refractivity contribution < 1.29 is 5.11 Å². The maximum Gasteiger partial charge on any atom is 0.247 e. The van der Waals surface area contributed by atoms with Gasteiger partial charge in [0.05, 0.1) is 12.2 Å². The first-order valence-corrected chi connectivity index (χ1v) is 7.86. The normalized spacial score (nSPS) is 24.9. The molecule has 3 N–H and O–H groups in total. The van der Waals surface area contributed by atoms with E-state index in [9.17, 15) is 0 Å². The van der Waals surface area contributed by atoms with E-state index < -0.39 is 0 Å². The fraction of sp³-hybridized carbons (Fsp3) is 0.667. The summed E-state index contributed by atoms with van der Waals surface area (Å²) >= 11 is 1.60. The average Bonchev–Trinajstić information content (AvgIpc) is 3.00. The van der Waals surface area contributed by atoms with Gasteiger partial charge in [-0.05, 0) is 37.6 Å². The number of hydrogen-bond donors (Lipinski definition) is 3. The van der Waals surface area contributed by atoms with Crippen molar-refractivity contribution in [1.82, 2.24) is 15.8 Å². The zero-order valence-corrected chi connectivity index (χ0v) is 11.8. The zero-order valence-electron chi connectivity index (χ0n) is 11.0. The van der Waals surface area contributed by atoms with E-state index in [0.29, 0.717) is 6.04 Å². The number of nitrogens with one attached hydrogen (secondary N) is 2. The Balaban J connectivity index is 1.71. The van der Waals surface area contributed by atoms with Crippen LogP contribution in [0.3, 0.4) is 0 Å². The second-order valence-electron chi connectivity index (χ2n) is 4.84. The smallest absolute Gasteiger partial charge is 0.247 e. The van der Waals surface area contributed by atoms with Gasteiger partial charge in [-0.2, -0.15) is 4.99 Å². The molecule has 0 saturated heterocycles. The summed E-state index contributed by atoms with van der Waals surface area (Å²) in [5, 5.41) is 15.2. The molecule has 19 heavy (non-hydrogen) atoms. The number of nitrogens with zero attached hydrogens (tertiary/aromatic N) is 3. The van der Waals surface area contributed by atoms with Gasteiger partial charge in [-0.25, -0.2) is 10.0 Å². The molecule has 104 valence electrons. The SMILES string of the molecule is CSC1=NC2=NC3=C(CCC3NCCCO)CN2N1. The van der Waals surface area contributed by atoms with Crippen molar-refractivity contribution >= 4 is 22.9 Å². The van der Waals surface area contributed by atoms with Crippen molar-refractivity contribution in [3.63, 3.8) is 0 Å². The van der Waals surface area contributed by atoms with E-state index in [-0.39, 0.29) is 6.61 Å². The molecule has 2 aliphatic heterocycles. The number of fused-ring (bicyclic) bond motifs is 1. The highest BCUT2D eigenvalue weighted by Gasteiger charge is 2.33. The van der Waals surface area contributed by atoms with E-state index in [0.717, 1.165) is 49.2 Å². The second-order valence-corrected chi connectivity index (χ2v) is 5.64. The number of aliphatic hydroxyl groups is 1. The second kappa shape index (κ2) is 5.52. The van der Waals surface area contributed by atoms with Gasteiger partial charge >= 0.3 is 0 Å². The van der Waals surface area contributed by atoms with E-state index >= 15 is 0 Å². The van der Waals surface area contributed by atoms with Crippen LogP contribution in [0.4, 0.5) is 0 Å². The monoisotopic (exact) mass is 281 g/mol. The summed E-state index contributed by atoms with van der Waals surface area (Å²) in [6.45, 7) is 1.95. The van der Waals surface area contributed by atoms with Gasteiger partial charge in [0.2, 0.25) is 5.96 Å². The third kappa shape index (κ3) is 2.50. The largest absolute Gasteiger partial charge is 0.396 e. The highest BCUT2D eigenvalue weighted by molar-refractivity contribution is 8.13. The molecule has 6 nitrogen and oxygen atoms in total. The maximum absolute atomic E-state index is 8.84. The van der Waals surface area contributed by atoms with Crippen molar-refractivity contribution in [2.45, 2.75) is 25.3 Å². The number of hydrazine groups is 1. The lowest BCUT2D eigenvalue weighted by molar-refractivity contribution is 0.284. The minimum atomic E-state index is 0.235. The number of hydrogen-bond acceptors (Lipinski definition) is 7. The molecule has 0 saturated carbocycles. The molecule has 0 amide bonds. The van der Waals surface area contributed by atoms with Gasteiger partial charge in [0.1, 0.15) is 0 Å². The van der Waals surface area contributed by atoms with Gasteiger partial charge < -0.3 is 10.4 Å². The number of amidine groups is 1. The molecule has 1 atom stereocenters. The van der Waals surface area contributed by atoms with Crippen LogP contribution in [0.25, 0.3) is 0 Å². The maximum atomic E-state index is 8.84. The van der Waals surface area contributed by atoms with Crippen LogP contribution in [0.5, 0.6) is 0 Å². The highest BCUT2D eigenvalue weighted by atomic mass is 32.2. The van der Waals surface area contributed by atoms with Gasteiger partial charge in [-0.3, -0.25) is 5.43 Å². The standard InChI is InChI=1S/C12H19N5OS/c1-19-12-15-11-14-10-8(7-17(11)16-12)3-4-9(10)13-5-2-6-18/h9,13,18H,2-7H2,1H3,(H,14,15,16). The van der Waals surface area contributed by atoms with Crippen molar-refractivity contribution in [2.75, 3.05) is 26.0 Å². The minimum absolute atomic E-state index is 0.235. The lowest BCUT2D eigenvalue weighted by atomic mass is 10.2. The Hall–Kier alpha value is -1.05. The van der Waals surface area contributed by atoms with E-state index in [1.165, 1.54) is 5.57 Å². The Morgan fingerprint density at radius 2 is 2.42 bits per heavy atom. The Kier molecular flexibility index (Phi) is 3.76. The predicted molar refractivity (Wildman–Crippen MR) is 78.0 cm³/mol. The van der Waals surface area contributed by atoms with E-state index in [1.807, 2.05) is 11.3 Å². The molecule has 3 rings (SSSR count). The Bertz CT molecular complexity index is 459. The quantitative estimate of drug-likeness (QED) is 0.646. The molecule has 1 aliphatic carbocycles. The van der Waals surface area contributed by atoms with Crippen LogP contribution in [-0.2, 0) is 0 Å². The first-order chi connectivity index (χ1) is 9.31. The van der Waals surface area contributed by atoms with Gasteiger partial charge in [0, 0.05) is 12.6 Å². The zero-order chi connectivity index (χ0) is 13.2. The predicted octanol–water partition coefficient (Wildman–Crippen LogP) is 0.284. The van der Waals surface area contributed by atoms with Crippen molar-refractivity contribution in [2.24, 2.45) is 9.98 Å². The molecule has 0 aromatic heterocycles. The molecular formula is C12H19N5OS. The summed E-state index contributed by atoms with van der Waals surface area (Å²) in [7, 11) is 0. The third-order valence-electron chi connectivity index (χ3n) is 3.59. The van der Waals surface area contributed by atoms with Crippen molar-refractivity contribution in [3.05, 3.63) is 11.3 Å². The fourth-order valence-electron chi connectivity index (χ4n) is 2.63. The molecule has 0 bridgehead atoms. The van der Waals surface area contributed by atoms with Gasteiger partial charge in [0.25, 0.3) is 0 Å². The molecular weight excluding hydrogens is 262 g/mol. The molecule has 0 radical (unpaired) electrons. The number of aliphatic hydroxyl groups excluding tert-OH is 1. The van der Waals surface area contributed by atoms with Crippen LogP contribution in [0, 0.1) is 0 Å². The van der Waals surface area contributed by atoms with Crippen molar-refractivity contribution in [3.8, 4) is 0 Å². The summed E-state index contributed by atoms with van der Waals surface area (Å²) in [6.07, 6.45) is 4.98. The van der Waals surface area contributed by atoms with Crippen LogP contribution in [0.15, 0.2) is 21.3 Å². The van der Waals surface area contributed by atoms with Crippen LogP contribution in [0.1, 0.15) is 19.3 Å². The highest BCUT2D eigenvalue weighted by Crippen LogP contribution is 2.32. The number of guanidine groups is 1. The molecule has 2 heterocycles. The minimum Gasteiger partial charge on any atom is -0.396 e. The molecule has 0 aromatic rings. The topological polar surface area (TPSA) is 72.2 Å². The van der Waals surface area contributed by atoms with Crippen LogP contribution < -0.4 is 10.7 Å². The molecule has 0 fully saturated rings. The molecule has 3 aliphatic rings. The fourth-order valence-corrected chi connectivity index (χ4v) is 3.00. The number of thioether (sulfide) groups is 1. The van der Waals surface area contributed by atoms with E-state index in [4.69, 9.17) is 10.1 Å². The lowest BCUT2D eigenvalue weighted by Crippen LogP contribution is -2.41. The molecule has 7 heteroatoms. The van der Waals surface area contributed by atoms with Gasteiger partial charge in [-0.15, -0.1) is 0 Å². The van der Waals surface area contributed by atoms with Crippen LogP contribution in [-0.4, -0.2) is 53.2 Å². The first kappa shape index (κ1) is 13.0. The van der Waals surface area contributed by atoms with Gasteiger partial charge in [-0.1, -0.05) is 11.8 Å². The van der Waals surface area contributed by atoms with Gasteiger partial charge in [0.15, 0.2) is 5.17 Å². The molecule has 0 aromatic carbocycles. The summed E-state index contributed by atoms with van der Waals surface area (Å²) in [4.78, 5) is 9.16. The third-order valence-corrected chi connectivity index (χ3v) is 4.16. The summed E-state index contributed by atoms with van der Waals surface area (Å²) < 4.78 is 0. The summed E-state index contributed by atoms with van der Waals surface area (Å²) in [5.41, 5.74) is 5.81. The Morgan fingerprint density at radius 3 is 3.21 bits per heavy atom. The average molecular weight is 281 g/mol.